The van der Waals surface area contributed by atoms with Crippen LogP contribution >= 0.6 is 0 Å². The van der Waals surface area contributed by atoms with Gasteiger partial charge in [0.15, 0.2) is 0 Å². The molecule has 0 aromatic heterocycles. The number of hydrogen-bond donors (Lipinski definition) is 1. The second-order valence-electron chi connectivity index (χ2n) is 1.98. The first-order valence-electron chi connectivity index (χ1n) is 3.12. The lowest BCUT2D eigenvalue weighted by molar-refractivity contribution is 0.345. The quantitative estimate of drug-likeness (QED) is 0.551. The van der Waals surface area contributed by atoms with Gasteiger partial charge >= 0.3 is 0 Å². The van der Waals surface area contributed by atoms with Crippen molar-refractivity contribution in [1.29, 1.82) is 0 Å². The van der Waals surface area contributed by atoms with Gasteiger partial charge in [-0.15, -0.1) is 0 Å². The molecule has 0 amide bonds. The van der Waals surface area contributed by atoms with E-state index in [0.717, 1.165) is 13.0 Å². The van der Waals surface area contributed by atoms with Gasteiger partial charge in [-0.2, -0.15) is 0 Å². The molecule has 0 heterocycles. The Morgan fingerprint density at radius 3 is 2.62 bits per heavy atom. The van der Waals surface area contributed by atoms with Gasteiger partial charge in [0.2, 0.25) is 0 Å². The average Bonchev–Trinajstić information content (AvgIpc) is 1.66. The van der Waals surface area contributed by atoms with Crippen molar-refractivity contribution in [1.82, 2.24) is 5.32 Å². The fourth-order valence-corrected chi connectivity index (χ4v) is 0.478. The molecule has 0 saturated heterocycles. The van der Waals surface area contributed by atoms with Crippen molar-refractivity contribution in [2.45, 2.75) is 26.4 Å². The highest BCUT2D eigenvalue weighted by atomic mass is 19.1. The van der Waals surface area contributed by atoms with Gasteiger partial charge in [-0.3, -0.25) is 0 Å². The molecule has 0 aliphatic carbocycles. The van der Waals surface area contributed by atoms with Crippen LogP contribution < -0.4 is 5.32 Å². The summed E-state index contributed by atoms with van der Waals surface area (Å²) in [7, 11) is 0. The highest BCUT2D eigenvalue weighted by Crippen LogP contribution is 1.82. The Morgan fingerprint density at radius 2 is 2.25 bits per heavy atom. The molecule has 0 aliphatic rings. The third-order valence-corrected chi connectivity index (χ3v) is 0.852. The Morgan fingerprint density at radius 1 is 1.62 bits per heavy atom. The van der Waals surface area contributed by atoms with Gasteiger partial charge in [-0.05, 0) is 19.9 Å². The molecule has 50 valence electrons. The summed E-state index contributed by atoms with van der Waals surface area (Å²) < 4.78 is 12.0. The number of nitrogens with one attached hydrogen (secondary N) is 1. The van der Waals surface area contributed by atoms with E-state index in [4.69, 9.17) is 0 Å². The number of rotatable bonds is 4. The SMILES string of the molecule is CCCNCC(C)F. The predicted octanol–water partition coefficient (Wildman–Crippen LogP) is 1.34. The van der Waals surface area contributed by atoms with Gasteiger partial charge in [-0.1, -0.05) is 6.92 Å². The molecule has 0 fully saturated rings. The summed E-state index contributed by atoms with van der Waals surface area (Å²) in [5.41, 5.74) is 0. The van der Waals surface area contributed by atoms with E-state index in [9.17, 15) is 4.39 Å². The van der Waals surface area contributed by atoms with Crippen molar-refractivity contribution in [3.05, 3.63) is 0 Å². The molecule has 0 radical (unpaired) electrons. The molecule has 0 saturated carbocycles. The summed E-state index contributed by atoms with van der Waals surface area (Å²) in [5, 5.41) is 2.96. The summed E-state index contributed by atoms with van der Waals surface area (Å²) >= 11 is 0. The molecule has 2 heteroatoms. The zero-order valence-electron chi connectivity index (χ0n) is 5.58. The molecule has 1 N–H and O–H groups in total. The Labute approximate surface area is 50.3 Å². The van der Waals surface area contributed by atoms with Crippen molar-refractivity contribution < 1.29 is 4.39 Å². The molecule has 1 unspecified atom stereocenters. The topological polar surface area (TPSA) is 12.0 Å². The predicted molar refractivity (Wildman–Crippen MR) is 33.7 cm³/mol. The minimum absolute atomic E-state index is 0.494. The summed E-state index contributed by atoms with van der Waals surface area (Å²) in [6, 6.07) is 0. The second-order valence-corrected chi connectivity index (χ2v) is 1.98. The highest BCUT2D eigenvalue weighted by Gasteiger charge is 1.92. The van der Waals surface area contributed by atoms with Crippen LogP contribution in [0.5, 0.6) is 0 Å². The summed E-state index contributed by atoms with van der Waals surface area (Å²) in [5.74, 6) is 0. The van der Waals surface area contributed by atoms with E-state index < -0.39 is 6.17 Å². The van der Waals surface area contributed by atoms with Crippen molar-refractivity contribution in [3.63, 3.8) is 0 Å². The molecule has 0 aliphatic heterocycles. The van der Waals surface area contributed by atoms with E-state index >= 15 is 0 Å². The number of hydrogen-bond acceptors (Lipinski definition) is 1. The molecule has 0 aromatic carbocycles. The first-order valence-corrected chi connectivity index (χ1v) is 3.12. The van der Waals surface area contributed by atoms with Gasteiger partial charge in [0.1, 0.15) is 6.17 Å². The minimum atomic E-state index is -0.707. The van der Waals surface area contributed by atoms with Gasteiger partial charge in [0, 0.05) is 6.54 Å². The molecule has 0 aromatic rings. The normalized spacial score (nSPS) is 13.9. The lowest BCUT2D eigenvalue weighted by Crippen LogP contribution is -2.22. The molecule has 0 spiro atoms. The van der Waals surface area contributed by atoms with Crippen LogP contribution in [0.3, 0.4) is 0 Å². The monoisotopic (exact) mass is 119 g/mol. The molecule has 8 heavy (non-hydrogen) atoms. The molecule has 0 rings (SSSR count). The third-order valence-electron chi connectivity index (χ3n) is 0.852. The molecule has 1 nitrogen and oxygen atoms in total. The zero-order chi connectivity index (χ0) is 6.41. The van der Waals surface area contributed by atoms with Gasteiger partial charge in [0.05, 0.1) is 0 Å². The van der Waals surface area contributed by atoms with Crippen LogP contribution in [-0.4, -0.2) is 19.3 Å². The highest BCUT2D eigenvalue weighted by molar-refractivity contribution is 4.50. The standard InChI is InChI=1S/C6H14FN/c1-3-4-8-5-6(2)7/h6,8H,3-5H2,1-2H3. The lowest BCUT2D eigenvalue weighted by atomic mass is 10.4. The summed E-state index contributed by atoms with van der Waals surface area (Å²) in [6.45, 7) is 5.04. The molecule has 1 atom stereocenters. The Balaban J connectivity index is 2.72. The van der Waals surface area contributed by atoms with Crippen LogP contribution in [-0.2, 0) is 0 Å². The van der Waals surface area contributed by atoms with Crippen LogP contribution in [0.25, 0.3) is 0 Å². The number of alkyl halides is 1. The molecule has 0 bridgehead atoms. The van der Waals surface area contributed by atoms with Crippen molar-refractivity contribution in [2.75, 3.05) is 13.1 Å². The zero-order valence-corrected chi connectivity index (χ0v) is 5.58. The minimum Gasteiger partial charge on any atom is -0.314 e. The molecular weight excluding hydrogens is 105 g/mol. The summed E-state index contributed by atoms with van der Waals surface area (Å²) in [6.07, 6.45) is 0.369. The number of halogens is 1. The second kappa shape index (κ2) is 5.04. The van der Waals surface area contributed by atoms with Gasteiger partial charge in [0.25, 0.3) is 0 Å². The maximum absolute atomic E-state index is 12.0. The van der Waals surface area contributed by atoms with E-state index in [2.05, 4.69) is 12.2 Å². The van der Waals surface area contributed by atoms with Crippen molar-refractivity contribution in [2.24, 2.45) is 0 Å². The maximum atomic E-state index is 12.0. The van der Waals surface area contributed by atoms with Crippen LogP contribution in [0.2, 0.25) is 0 Å². The average molecular weight is 119 g/mol. The lowest BCUT2D eigenvalue weighted by Gasteiger charge is -2.01. The fraction of sp³-hybridized carbons (Fsp3) is 1.00. The van der Waals surface area contributed by atoms with E-state index in [0.29, 0.717) is 6.54 Å². The Bertz CT molecular complexity index is 45.8. The van der Waals surface area contributed by atoms with E-state index in [1.807, 2.05) is 0 Å². The Hall–Kier alpha value is -0.110. The van der Waals surface area contributed by atoms with Crippen LogP contribution in [0, 0.1) is 0 Å². The first kappa shape index (κ1) is 7.89. The van der Waals surface area contributed by atoms with Crippen LogP contribution in [0.1, 0.15) is 20.3 Å². The largest absolute Gasteiger partial charge is 0.314 e. The van der Waals surface area contributed by atoms with Crippen molar-refractivity contribution in [3.8, 4) is 0 Å². The fourth-order valence-electron chi connectivity index (χ4n) is 0.478. The van der Waals surface area contributed by atoms with Crippen LogP contribution in [0.15, 0.2) is 0 Å². The maximum Gasteiger partial charge on any atom is 0.110 e. The van der Waals surface area contributed by atoms with E-state index in [1.54, 1.807) is 6.92 Å². The summed E-state index contributed by atoms with van der Waals surface area (Å²) in [4.78, 5) is 0. The van der Waals surface area contributed by atoms with E-state index in [1.165, 1.54) is 0 Å². The Kier molecular flexibility index (Phi) is 4.97. The molecular formula is C6H14FN. The first-order chi connectivity index (χ1) is 3.77. The smallest absolute Gasteiger partial charge is 0.110 e. The van der Waals surface area contributed by atoms with Gasteiger partial charge < -0.3 is 5.32 Å². The third kappa shape index (κ3) is 5.89. The van der Waals surface area contributed by atoms with Gasteiger partial charge in [-0.25, -0.2) is 4.39 Å². The van der Waals surface area contributed by atoms with E-state index in [-0.39, 0.29) is 0 Å². The van der Waals surface area contributed by atoms with Crippen LogP contribution in [0.4, 0.5) is 4.39 Å². The van der Waals surface area contributed by atoms with Crippen molar-refractivity contribution >= 4 is 0 Å².